The van der Waals surface area contributed by atoms with Gasteiger partial charge < -0.3 is 5.11 Å². The summed E-state index contributed by atoms with van der Waals surface area (Å²) in [6, 6.07) is 13.6. The van der Waals surface area contributed by atoms with Gasteiger partial charge in [-0.1, -0.05) is 36.4 Å². The Morgan fingerprint density at radius 3 is 2.38 bits per heavy atom. The molecule has 0 aliphatic carbocycles. The SMILES string of the molecule is O[C@@H](c1ccccc1)c1cccs1. The Bertz CT molecular complexity index is 353. The highest BCUT2D eigenvalue weighted by Crippen LogP contribution is 2.24. The van der Waals surface area contributed by atoms with Crippen molar-refractivity contribution in [3.8, 4) is 0 Å². The molecule has 0 amide bonds. The first kappa shape index (κ1) is 8.48. The first-order valence-electron chi connectivity index (χ1n) is 4.14. The van der Waals surface area contributed by atoms with Crippen molar-refractivity contribution in [2.75, 3.05) is 0 Å². The number of thiophene rings is 1. The average molecular weight is 190 g/mol. The third-order valence-electron chi connectivity index (χ3n) is 1.93. The normalized spacial score (nSPS) is 12.7. The fourth-order valence-corrected chi connectivity index (χ4v) is 1.98. The van der Waals surface area contributed by atoms with Crippen molar-refractivity contribution >= 4 is 11.3 Å². The fraction of sp³-hybridized carbons (Fsp3) is 0.0909. The third-order valence-corrected chi connectivity index (χ3v) is 2.85. The molecule has 1 nitrogen and oxygen atoms in total. The molecule has 0 unspecified atom stereocenters. The molecule has 0 saturated heterocycles. The summed E-state index contributed by atoms with van der Waals surface area (Å²) in [7, 11) is 0. The van der Waals surface area contributed by atoms with Crippen LogP contribution in [0.15, 0.2) is 47.8 Å². The van der Waals surface area contributed by atoms with Crippen molar-refractivity contribution in [1.29, 1.82) is 0 Å². The maximum atomic E-state index is 9.89. The van der Waals surface area contributed by atoms with Crippen molar-refractivity contribution in [3.05, 3.63) is 58.3 Å². The van der Waals surface area contributed by atoms with Crippen LogP contribution in [0.2, 0.25) is 0 Å². The lowest BCUT2D eigenvalue weighted by atomic mass is 10.1. The molecule has 1 aromatic heterocycles. The average Bonchev–Trinajstić information content (AvgIpc) is 2.71. The van der Waals surface area contributed by atoms with Crippen LogP contribution in [0.5, 0.6) is 0 Å². The molecule has 1 atom stereocenters. The molecule has 0 fully saturated rings. The summed E-state index contributed by atoms with van der Waals surface area (Å²) in [5, 5.41) is 11.9. The van der Waals surface area contributed by atoms with Crippen LogP contribution >= 0.6 is 11.3 Å². The summed E-state index contributed by atoms with van der Waals surface area (Å²) >= 11 is 1.58. The van der Waals surface area contributed by atoms with Crippen molar-refractivity contribution in [1.82, 2.24) is 0 Å². The van der Waals surface area contributed by atoms with E-state index in [-0.39, 0.29) is 0 Å². The summed E-state index contributed by atoms with van der Waals surface area (Å²) in [5.41, 5.74) is 0.949. The molecule has 1 heterocycles. The molecule has 0 aliphatic rings. The molecule has 1 aromatic carbocycles. The summed E-state index contributed by atoms with van der Waals surface area (Å²) < 4.78 is 0. The second-order valence-corrected chi connectivity index (χ2v) is 3.81. The van der Waals surface area contributed by atoms with Crippen LogP contribution in [0.25, 0.3) is 0 Å². The van der Waals surface area contributed by atoms with Gasteiger partial charge in [-0.2, -0.15) is 0 Å². The van der Waals surface area contributed by atoms with Gasteiger partial charge in [0, 0.05) is 4.88 Å². The van der Waals surface area contributed by atoms with Gasteiger partial charge in [0.1, 0.15) is 6.10 Å². The van der Waals surface area contributed by atoms with Crippen LogP contribution in [0.4, 0.5) is 0 Å². The Balaban J connectivity index is 2.29. The van der Waals surface area contributed by atoms with Gasteiger partial charge in [0.25, 0.3) is 0 Å². The minimum atomic E-state index is -0.471. The molecule has 0 bridgehead atoms. The van der Waals surface area contributed by atoms with E-state index in [0.717, 1.165) is 10.4 Å². The van der Waals surface area contributed by atoms with Crippen LogP contribution in [0, 0.1) is 0 Å². The van der Waals surface area contributed by atoms with Gasteiger partial charge in [0.2, 0.25) is 0 Å². The lowest BCUT2D eigenvalue weighted by Gasteiger charge is -2.07. The zero-order chi connectivity index (χ0) is 9.10. The van der Waals surface area contributed by atoms with E-state index in [1.165, 1.54) is 0 Å². The monoisotopic (exact) mass is 190 g/mol. The van der Waals surface area contributed by atoms with Crippen LogP contribution in [-0.2, 0) is 0 Å². The van der Waals surface area contributed by atoms with Gasteiger partial charge >= 0.3 is 0 Å². The quantitative estimate of drug-likeness (QED) is 0.772. The number of rotatable bonds is 2. The highest BCUT2D eigenvalue weighted by molar-refractivity contribution is 7.10. The van der Waals surface area contributed by atoms with Crippen molar-refractivity contribution in [2.45, 2.75) is 6.10 Å². The summed E-state index contributed by atoms with van der Waals surface area (Å²) in [6.45, 7) is 0. The molecule has 0 radical (unpaired) electrons. The van der Waals surface area contributed by atoms with E-state index in [2.05, 4.69) is 0 Å². The Labute approximate surface area is 81.3 Å². The molecule has 0 aliphatic heterocycles. The molecule has 13 heavy (non-hydrogen) atoms. The van der Waals surface area contributed by atoms with Crippen LogP contribution < -0.4 is 0 Å². The van der Waals surface area contributed by atoms with Crippen LogP contribution in [0.1, 0.15) is 16.5 Å². The minimum absolute atomic E-state index is 0.471. The predicted octanol–water partition coefficient (Wildman–Crippen LogP) is 2.83. The molecule has 66 valence electrons. The smallest absolute Gasteiger partial charge is 0.113 e. The number of aliphatic hydroxyl groups is 1. The van der Waals surface area contributed by atoms with E-state index in [9.17, 15) is 5.11 Å². The number of hydrogen-bond acceptors (Lipinski definition) is 2. The van der Waals surface area contributed by atoms with E-state index in [0.29, 0.717) is 0 Å². The predicted molar refractivity (Wildman–Crippen MR) is 54.8 cm³/mol. The van der Waals surface area contributed by atoms with Crippen LogP contribution in [-0.4, -0.2) is 5.11 Å². The Hall–Kier alpha value is -1.12. The highest BCUT2D eigenvalue weighted by Gasteiger charge is 2.09. The molecular formula is C11H10OS. The Morgan fingerprint density at radius 1 is 1.00 bits per heavy atom. The second-order valence-electron chi connectivity index (χ2n) is 2.83. The highest BCUT2D eigenvalue weighted by atomic mass is 32.1. The van der Waals surface area contributed by atoms with E-state index >= 15 is 0 Å². The second kappa shape index (κ2) is 3.73. The largest absolute Gasteiger partial charge is 0.383 e. The molecular weight excluding hydrogens is 180 g/mol. The zero-order valence-corrected chi connectivity index (χ0v) is 7.87. The van der Waals surface area contributed by atoms with E-state index in [1.807, 2.05) is 47.8 Å². The van der Waals surface area contributed by atoms with E-state index in [4.69, 9.17) is 0 Å². The van der Waals surface area contributed by atoms with E-state index < -0.39 is 6.10 Å². The summed E-state index contributed by atoms with van der Waals surface area (Å²) in [5.74, 6) is 0. The number of aliphatic hydroxyl groups excluding tert-OH is 1. The fourth-order valence-electron chi connectivity index (χ4n) is 1.25. The number of hydrogen-bond donors (Lipinski definition) is 1. The minimum Gasteiger partial charge on any atom is -0.383 e. The molecule has 2 heteroatoms. The third kappa shape index (κ3) is 1.79. The van der Waals surface area contributed by atoms with E-state index in [1.54, 1.807) is 11.3 Å². The van der Waals surface area contributed by atoms with Crippen LogP contribution in [0.3, 0.4) is 0 Å². The molecule has 2 aromatic rings. The van der Waals surface area contributed by atoms with Crippen molar-refractivity contribution in [3.63, 3.8) is 0 Å². The number of benzene rings is 1. The topological polar surface area (TPSA) is 20.2 Å². The Morgan fingerprint density at radius 2 is 1.77 bits per heavy atom. The molecule has 0 spiro atoms. The Kier molecular flexibility index (Phi) is 2.43. The molecule has 1 N–H and O–H groups in total. The van der Waals surface area contributed by atoms with Gasteiger partial charge in [-0.05, 0) is 17.0 Å². The van der Waals surface area contributed by atoms with Gasteiger partial charge in [0.15, 0.2) is 0 Å². The maximum absolute atomic E-state index is 9.89. The lowest BCUT2D eigenvalue weighted by molar-refractivity contribution is 0.224. The van der Waals surface area contributed by atoms with Crippen molar-refractivity contribution < 1.29 is 5.11 Å². The zero-order valence-electron chi connectivity index (χ0n) is 7.05. The van der Waals surface area contributed by atoms with Gasteiger partial charge in [0.05, 0.1) is 0 Å². The lowest BCUT2D eigenvalue weighted by Crippen LogP contribution is -1.95. The first-order valence-corrected chi connectivity index (χ1v) is 5.02. The molecule has 0 saturated carbocycles. The standard InChI is InChI=1S/C11H10OS/c12-11(10-7-4-8-13-10)9-5-2-1-3-6-9/h1-8,11-12H/t11-/m0/s1. The van der Waals surface area contributed by atoms with Gasteiger partial charge in [-0.15, -0.1) is 11.3 Å². The summed E-state index contributed by atoms with van der Waals surface area (Å²) in [6.07, 6.45) is -0.471. The maximum Gasteiger partial charge on any atom is 0.113 e. The van der Waals surface area contributed by atoms with Gasteiger partial charge in [-0.25, -0.2) is 0 Å². The first-order chi connectivity index (χ1) is 6.38. The van der Waals surface area contributed by atoms with Crippen molar-refractivity contribution in [2.24, 2.45) is 0 Å². The summed E-state index contributed by atoms with van der Waals surface area (Å²) in [4.78, 5) is 0.992. The van der Waals surface area contributed by atoms with Gasteiger partial charge in [-0.3, -0.25) is 0 Å². The molecule has 2 rings (SSSR count).